The predicted octanol–water partition coefficient (Wildman–Crippen LogP) is 2.24. The number of ketones is 1. The number of carbonyl (C=O) groups is 3. The van der Waals surface area contributed by atoms with Crippen molar-refractivity contribution in [1.82, 2.24) is 14.4 Å². The van der Waals surface area contributed by atoms with E-state index in [1.54, 1.807) is 20.0 Å². The van der Waals surface area contributed by atoms with Gasteiger partial charge in [-0.1, -0.05) is 19.3 Å². The second kappa shape index (κ2) is 7.21. The highest BCUT2D eigenvalue weighted by molar-refractivity contribution is 7.91. The topological polar surface area (TPSA) is 96.8 Å². The average molecular weight is 436 g/mol. The summed E-state index contributed by atoms with van der Waals surface area (Å²) in [6, 6.07) is 1.16. The maximum absolute atomic E-state index is 13.1. The van der Waals surface area contributed by atoms with Crippen molar-refractivity contribution in [2.24, 2.45) is 0 Å². The molecule has 30 heavy (non-hydrogen) atoms. The number of aromatic nitrogens is 1. The molecule has 0 N–H and O–H groups in total. The number of amides is 3. The first-order valence-electron chi connectivity index (χ1n) is 10.6. The van der Waals surface area contributed by atoms with Gasteiger partial charge in [0.05, 0.1) is 18.1 Å². The van der Waals surface area contributed by atoms with E-state index < -0.39 is 21.4 Å². The zero-order valence-electron chi connectivity index (χ0n) is 17.8. The summed E-state index contributed by atoms with van der Waals surface area (Å²) in [7, 11) is -1.40. The molecular weight excluding hydrogens is 406 g/mol. The van der Waals surface area contributed by atoms with Crippen LogP contribution in [0.2, 0.25) is 0 Å². The Morgan fingerprint density at radius 1 is 1.17 bits per heavy atom. The first kappa shape index (κ1) is 21.1. The van der Waals surface area contributed by atoms with E-state index in [4.69, 9.17) is 0 Å². The van der Waals surface area contributed by atoms with Crippen LogP contribution in [0, 0.1) is 13.8 Å². The van der Waals surface area contributed by atoms with Gasteiger partial charge in [0.15, 0.2) is 15.6 Å². The molecule has 1 atom stereocenters. The Balaban J connectivity index is 1.57. The third kappa shape index (κ3) is 3.18. The summed E-state index contributed by atoms with van der Waals surface area (Å²) in [6.45, 7) is 3.37. The highest BCUT2D eigenvalue weighted by Crippen LogP contribution is 2.39. The van der Waals surface area contributed by atoms with E-state index in [9.17, 15) is 22.8 Å². The number of carbonyl (C=O) groups excluding carboxylic acids is 3. The number of rotatable bonds is 4. The minimum Gasteiger partial charge on any atom is -0.344 e. The van der Waals surface area contributed by atoms with Crippen molar-refractivity contribution < 1.29 is 22.8 Å². The van der Waals surface area contributed by atoms with Crippen LogP contribution < -0.4 is 0 Å². The van der Waals surface area contributed by atoms with Crippen molar-refractivity contribution in [2.75, 3.05) is 25.1 Å². The molecule has 3 aliphatic rings. The number of imide groups is 1. The minimum atomic E-state index is -3.05. The van der Waals surface area contributed by atoms with Gasteiger partial charge in [0.2, 0.25) is 0 Å². The Morgan fingerprint density at radius 3 is 2.43 bits per heavy atom. The van der Waals surface area contributed by atoms with E-state index in [1.165, 1.54) is 4.90 Å². The molecule has 1 aliphatic carbocycles. The van der Waals surface area contributed by atoms with Crippen LogP contribution in [-0.2, 0) is 14.6 Å². The van der Waals surface area contributed by atoms with E-state index in [1.807, 2.05) is 11.5 Å². The lowest BCUT2D eigenvalue weighted by Crippen LogP contribution is -2.49. The molecule has 1 saturated carbocycles. The van der Waals surface area contributed by atoms with Gasteiger partial charge >= 0.3 is 6.03 Å². The third-order valence-corrected chi connectivity index (χ3v) is 8.89. The van der Waals surface area contributed by atoms with Gasteiger partial charge < -0.3 is 9.47 Å². The molecule has 1 aromatic rings. The minimum absolute atomic E-state index is 0.0768. The quantitative estimate of drug-likeness (QED) is 0.534. The zero-order chi connectivity index (χ0) is 21.8. The van der Waals surface area contributed by atoms with Crippen LogP contribution in [0.3, 0.4) is 0 Å². The fourth-order valence-corrected chi connectivity index (χ4v) is 7.20. The average Bonchev–Trinajstić information content (AvgIpc) is 3.26. The smallest absolute Gasteiger partial charge is 0.327 e. The standard InChI is InChI=1S/C21H29N3O5S/c1-14-11-17(15(2)24(14)16-7-10-30(28,29)13-16)18(25)12-23-19(26)21(22(3)20(23)27)8-5-4-6-9-21/h11,16H,4-10,12-13H2,1-3H3/t16-/m0/s1. The maximum Gasteiger partial charge on any atom is 0.327 e. The van der Waals surface area contributed by atoms with Crippen molar-refractivity contribution in [2.45, 2.75) is 64.0 Å². The SMILES string of the molecule is Cc1cc(C(=O)CN2C(=O)N(C)C3(CCCCC3)C2=O)c(C)n1[C@H]1CCS(=O)(=O)C1. The number of urea groups is 1. The Morgan fingerprint density at radius 2 is 1.83 bits per heavy atom. The summed E-state index contributed by atoms with van der Waals surface area (Å²) in [5.41, 5.74) is 1.16. The van der Waals surface area contributed by atoms with Gasteiger partial charge in [-0.3, -0.25) is 14.5 Å². The third-order valence-electron chi connectivity index (χ3n) is 7.14. The number of nitrogens with zero attached hydrogens (tertiary/aromatic N) is 3. The van der Waals surface area contributed by atoms with Crippen LogP contribution in [0.4, 0.5) is 4.79 Å². The molecule has 3 amide bonds. The Hall–Kier alpha value is -2.16. The molecule has 1 aromatic heterocycles. The molecule has 0 unspecified atom stereocenters. The predicted molar refractivity (Wildman–Crippen MR) is 111 cm³/mol. The van der Waals surface area contributed by atoms with E-state index in [-0.39, 0.29) is 35.8 Å². The highest BCUT2D eigenvalue weighted by atomic mass is 32.2. The van der Waals surface area contributed by atoms with E-state index in [2.05, 4.69) is 0 Å². The Bertz CT molecular complexity index is 1020. The molecule has 2 aliphatic heterocycles. The second-order valence-corrected chi connectivity index (χ2v) is 11.2. The van der Waals surface area contributed by atoms with Crippen molar-refractivity contribution in [3.8, 4) is 0 Å². The molecule has 2 saturated heterocycles. The first-order chi connectivity index (χ1) is 14.1. The largest absolute Gasteiger partial charge is 0.344 e. The zero-order valence-corrected chi connectivity index (χ0v) is 18.6. The number of hydrogen-bond donors (Lipinski definition) is 0. The van der Waals surface area contributed by atoms with Crippen molar-refractivity contribution in [3.63, 3.8) is 0 Å². The molecular formula is C21H29N3O5S. The lowest BCUT2D eigenvalue weighted by Gasteiger charge is -2.35. The van der Waals surface area contributed by atoms with Gasteiger partial charge in [-0.15, -0.1) is 0 Å². The highest BCUT2D eigenvalue weighted by Gasteiger charge is 2.55. The van der Waals surface area contributed by atoms with E-state index in [0.29, 0.717) is 30.5 Å². The normalized spacial score (nSPS) is 25.5. The van der Waals surface area contributed by atoms with E-state index in [0.717, 1.165) is 29.9 Å². The molecule has 1 spiro atoms. The monoisotopic (exact) mass is 435 g/mol. The summed E-state index contributed by atoms with van der Waals surface area (Å²) in [5.74, 6) is -0.326. The number of sulfone groups is 1. The van der Waals surface area contributed by atoms with Crippen LogP contribution in [0.25, 0.3) is 0 Å². The fourth-order valence-electron chi connectivity index (χ4n) is 5.50. The summed E-state index contributed by atoms with van der Waals surface area (Å²) < 4.78 is 25.7. The second-order valence-electron chi connectivity index (χ2n) is 8.96. The van der Waals surface area contributed by atoms with E-state index >= 15 is 0 Å². The lowest BCUT2D eigenvalue weighted by atomic mass is 9.80. The molecule has 0 bridgehead atoms. The fraction of sp³-hybridized carbons (Fsp3) is 0.667. The Kier molecular flexibility index (Phi) is 5.07. The van der Waals surface area contributed by atoms with Gasteiger partial charge in [0, 0.05) is 30.0 Å². The van der Waals surface area contributed by atoms with Gasteiger partial charge in [-0.2, -0.15) is 0 Å². The molecule has 9 heteroatoms. The summed E-state index contributed by atoms with van der Waals surface area (Å²) >= 11 is 0. The summed E-state index contributed by atoms with van der Waals surface area (Å²) in [6.07, 6.45) is 4.67. The van der Waals surface area contributed by atoms with Crippen molar-refractivity contribution in [1.29, 1.82) is 0 Å². The number of aryl methyl sites for hydroxylation is 1. The molecule has 0 radical (unpaired) electrons. The maximum atomic E-state index is 13.1. The van der Waals surface area contributed by atoms with Crippen LogP contribution in [-0.4, -0.2) is 71.1 Å². The van der Waals surface area contributed by atoms with Gasteiger partial charge in [-0.25, -0.2) is 13.2 Å². The van der Waals surface area contributed by atoms with Crippen LogP contribution >= 0.6 is 0 Å². The van der Waals surface area contributed by atoms with Crippen LogP contribution in [0.5, 0.6) is 0 Å². The molecule has 3 heterocycles. The number of likely N-dealkylation sites (N-methyl/N-ethyl adjacent to an activating group) is 1. The summed E-state index contributed by atoms with van der Waals surface area (Å²) in [5, 5.41) is 0. The van der Waals surface area contributed by atoms with Crippen LogP contribution in [0.15, 0.2) is 6.07 Å². The van der Waals surface area contributed by atoms with Gasteiger partial charge in [-0.05, 0) is 39.2 Å². The molecule has 164 valence electrons. The molecule has 4 rings (SSSR count). The first-order valence-corrected chi connectivity index (χ1v) is 12.4. The van der Waals surface area contributed by atoms with Crippen molar-refractivity contribution >= 4 is 27.6 Å². The van der Waals surface area contributed by atoms with Gasteiger partial charge in [0.25, 0.3) is 5.91 Å². The number of Topliss-reactive ketones (excluding diaryl/α,β-unsaturated/α-hetero) is 1. The number of hydrogen-bond acceptors (Lipinski definition) is 5. The van der Waals surface area contributed by atoms with Crippen LogP contribution in [0.1, 0.15) is 66.3 Å². The van der Waals surface area contributed by atoms with Gasteiger partial charge in [0.1, 0.15) is 5.54 Å². The molecule has 8 nitrogen and oxygen atoms in total. The Labute approximate surface area is 177 Å². The van der Waals surface area contributed by atoms with Crippen molar-refractivity contribution in [3.05, 3.63) is 23.0 Å². The molecule has 0 aromatic carbocycles. The lowest BCUT2D eigenvalue weighted by molar-refractivity contribution is -0.134. The molecule has 3 fully saturated rings. The summed E-state index contributed by atoms with van der Waals surface area (Å²) in [4.78, 5) is 41.7.